The fourth-order valence-corrected chi connectivity index (χ4v) is 4.35. The average molecular weight is 433 g/mol. The van der Waals surface area contributed by atoms with E-state index in [-0.39, 0.29) is 5.91 Å². The molecule has 0 unspecified atom stereocenters. The first-order valence-corrected chi connectivity index (χ1v) is 10.3. The Balaban J connectivity index is 1.47. The minimum Gasteiger partial charge on any atom is -0.422 e. The van der Waals surface area contributed by atoms with Gasteiger partial charge < -0.3 is 4.42 Å². The predicted molar refractivity (Wildman–Crippen MR) is 121 cm³/mol. The molecule has 30 heavy (non-hydrogen) atoms. The van der Waals surface area contributed by atoms with E-state index >= 15 is 0 Å². The Morgan fingerprint density at radius 2 is 1.87 bits per heavy atom. The van der Waals surface area contributed by atoms with E-state index in [1.807, 2.05) is 30.3 Å². The summed E-state index contributed by atoms with van der Waals surface area (Å²) in [5.74, 6) is -0.313. The summed E-state index contributed by atoms with van der Waals surface area (Å²) < 4.78 is 6.30. The van der Waals surface area contributed by atoms with Crippen LogP contribution in [0.3, 0.4) is 0 Å². The molecule has 0 aliphatic heterocycles. The van der Waals surface area contributed by atoms with Crippen LogP contribution in [0.4, 0.5) is 5.13 Å². The summed E-state index contributed by atoms with van der Waals surface area (Å²) in [5.41, 5.74) is 2.26. The van der Waals surface area contributed by atoms with Crippen molar-refractivity contribution in [2.75, 3.05) is 5.32 Å². The molecule has 0 atom stereocenters. The summed E-state index contributed by atoms with van der Waals surface area (Å²) in [5, 5.41) is 4.72. The Labute approximate surface area is 179 Å². The minimum absolute atomic E-state index is 0.313. The molecular weight excluding hydrogens is 420 g/mol. The number of hydrogen-bond donors (Lipinski definition) is 1. The third-order valence-corrected chi connectivity index (χ3v) is 5.82. The van der Waals surface area contributed by atoms with Gasteiger partial charge in [0.05, 0.1) is 15.8 Å². The summed E-state index contributed by atoms with van der Waals surface area (Å²) in [7, 11) is 0. The smallest absolute Gasteiger partial charge is 0.344 e. The second kappa shape index (κ2) is 7.40. The second-order valence-electron chi connectivity index (χ2n) is 6.65. The Kier molecular flexibility index (Phi) is 4.58. The number of para-hydroxylation sites is 1. The van der Waals surface area contributed by atoms with Crippen LogP contribution >= 0.6 is 22.9 Å². The van der Waals surface area contributed by atoms with E-state index < -0.39 is 5.63 Å². The Morgan fingerprint density at radius 1 is 1.00 bits per heavy atom. The number of amides is 1. The van der Waals surface area contributed by atoms with E-state index in [2.05, 4.69) is 10.3 Å². The third kappa shape index (κ3) is 3.47. The molecule has 1 amide bonds. The van der Waals surface area contributed by atoms with Crippen molar-refractivity contribution in [2.45, 2.75) is 0 Å². The van der Waals surface area contributed by atoms with Crippen LogP contribution in [0.5, 0.6) is 0 Å². The molecule has 5 nitrogen and oxygen atoms in total. The molecule has 0 bridgehead atoms. The molecule has 0 radical (unpaired) electrons. The zero-order valence-corrected chi connectivity index (χ0v) is 17.0. The number of fused-ring (bicyclic) bond motifs is 2. The highest BCUT2D eigenvalue weighted by molar-refractivity contribution is 7.22. The van der Waals surface area contributed by atoms with Crippen molar-refractivity contribution in [3.63, 3.8) is 0 Å². The van der Waals surface area contributed by atoms with E-state index in [4.69, 9.17) is 16.0 Å². The van der Waals surface area contributed by atoms with Crippen LogP contribution in [0.15, 0.2) is 82.0 Å². The van der Waals surface area contributed by atoms with Crippen molar-refractivity contribution >= 4 is 55.2 Å². The van der Waals surface area contributed by atoms with Gasteiger partial charge in [0.15, 0.2) is 5.13 Å². The maximum atomic E-state index is 12.8. The molecule has 3 aromatic carbocycles. The Morgan fingerprint density at radius 3 is 2.77 bits per heavy atom. The third-order valence-electron chi connectivity index (χ3n) is 4.65. The van der Waals surface area contributed by atoms with Gasteiger partial charge in [-0.05, 0) is 48.0 Å². The van der Waals surface area contributed by atoms with Gasteiger partial charge in [-0.3, -0.25) is 10.1 Å². The number of rotatable bonds is 3. The van der Waals surface area contributed by atoms with Crippen molar-refractivity contribution in [3.8, 4) is 11.1 Å². The largest absolute Gasteiger partial charge is 0.422 e. The number of hydrogen-bond acceptors (Lipinski definition) is 5. The quantitative estimate of drug-likeness (QED) is 0.356. The first-order chi connectivity index (χ1) is 14.6. The topological polar surface area (TPSA) is 72.2 Å². The number of nitrogens with one attached hydrogen (secondary N) is 1. The van der Waals surface area contributed by atoms with Crippen molar-refractivity contribution in [2.24, 2.45) is 0 Å². The number of carbonyl (C=O) groups is 1. The van der Waals surface area contributed by atoms with Gasteiger partial charge in [0.25, 0.3) is 5.91 Å². The van der Waals surface area contributed by atoms with Gasteiger partial charge in [0, 0.05) is 16.0 Å². The van der Waals surface area contributed by atoms with Gasteiger partial charge in [-0.2, -0.15) is 0 Å². The van der Waals surface area contributed by atoms with Crippen molar-refractivity contribution < 1.29 is 9.21 Å². The summed E-state index contributed by atoms with van der Waals surface area (Å²) in [6, 6.07) is 21.3. The summed E-state index contributed by atoms with van der Waals surface area (Å²) in [4.78, 5) is 29.6. The number of benzene rings is 3. The van der Waals surface area contributed by atoms with E-state index in [1.165, 1.54) is 11.3 Å². The molecule has 5 rings (SSSR count). The molecular formula is C23H13ClN2O3S. The number of halogens is 1. The Hall–Kier alpha value is -3.48. The molecule has 0 saturated heterocycles. The number of aromatic nitrogens is 1. The monoisotopic (exact) mass is 432 g/mol. The van der Waals surface area contributed by atoms with Crippen LogP contribution in [0.25, 0.3) is 32.3 Å². The lowest BCUT2D eigenvalue weighted by molar-refractivity contribution is 0.102. The van der Waals surface area contributed by atoms with Crippen LogP contribution in [0, 0.1) is 0 Å². The van der Waals surface area contributed by atoms with Crippen LogP contribution in [0.2, 0.25) is 5.02 Å². The molecule has 146 valence electrons. The number of nitrogens with zero attached hydrogens (tertiary/aromatic N) is 1. The summed E-state index contributed by atoms with van der Waals surface area (Å²) in [6.45, 7) is 0. The highest BCUT2D eigenvalue weighted by Crippen LogP contribution is 2.29. The Bertz CT molecular complexity index is 1490. The van der Waals surface area contributed by atoms with Gasteiger partial charge in [0.1, 0.15) is 5.58 Å². The van der Waals surface area contributed by atoms with Gasteiger partial charge in [-0.15, -0.1) is 0 Å². The molecule has 0 spiro atoms. The molecule has 5 aromatic rings. The van der Waals surface area contributed by atoms with Gasteiger partial charge in [-0.25, -0.2) is 9.78 Å². The van der Waals surface area contributed by atoms with E-state index in [1.54, 1.807) is 42.5 Å². The van der Waals surface area contributed by atoms with Crippen LogP contribution in [-0.2, 0) is 0 Å². The van der Waals surface area contributed by atoms with Crippen LogP contribution in [-0.4, -0.2) is 10.9 Å². The highest BCUT2D eigenvalue weighted by atomic mass is 35.5. The van der Waals surface area contributed by atoms with Crippen LogP contribution < -0.4 is 10.9 Å². The van der Waals surface area contributed by atoms with Crippen molar-refractivity contribution in [3.05, 3.63) is 93.8 Å². The van der Waals surface area contributed by atoms with Crippen LogP contribution in [0.1, 0.15) is 10.4 Å². The number of thiazole rings is 1. The van der Waals surface area contributed by atoms with Gasteiger partial charge >= 0.3 is 5.63 Å². The highest BCUT2D eigenvalue weighted by Gasteiger charge is 2.13. The normalized spacial score (nSPS) is 11.1. The average Bonchev–Trinajstić information content (AvgIpc) is 3.14. The number of anilines is 1. The predicted octanol–water partition coefficient (Wildman–Crippen LogP) is 5.98. The fourth-order valence-electron chi connectivity index (χ4n) is 3.21. The molecule has 1 N–H and O–H groups in total. The standard InChI is InChI=1S/C23H13ClN2O3S/c24-16-8-9-18-20(12-16)30-23(25-18)26-21(27)15-6-3-5-13(10-15)17-11-14-4-1-2-7-19(14)29-22(17)28/h1-12H,(H,25,26,27). The summed E-state index contributed by atoms with van der Waals surface area (Å²) in [6.07, 6.45) is 0. The van der Waals surface area contributed by atoms with Gasteiger partial charge in [-0.1, -0.05) is 53.3 Å². The molecule has 2 heterocycles. The maximum Gasteiger partial charge on any atom is 0.344 e. The van der Waals surface area contributed by atoms with E-state index in [0.29, 0.717) is 32.4 Å². The van der Waals surface area contributed by atoms with E-state index in [0.717, 1.165) is 15.6 Å². The van der Waals surface area contributed by atoms with Gasteiger partial charge in [0.2, 0.25) is 0 Å². The SMILES string of the molecule is O=C(Nc1nc2ccc(Cl)cc2s1)c1cccc(-c2cc3ccccc3oc2=O)c1. The molecule has 7 heteroatoms. The fraction of sp³-hybridized carbons (Fsp3) is 0. The molecule has 0 aliphatic carbocycles. The first-order valence-electron chi connectivity index (χ1n) is 9.08. The van der Waals surface area contributed by atoms with E-state index in [9.17, 15) is 9.59 Å². The lowest BCUT2D eigenvalue weighted by Gasteiger charge is -2.06. The van der Waals surface area contributed by atoms with Crippen molar-refractivity contribution in [1.29, 1.82) is 0 Å². The summed E-state index contributed by atoms with van der Waals surface area (Å²) >= 11 is 7.36. The lowest BCUT2D eigenvalue weighted by atomic mass is 10.0. The zero-order chi connectivity index (χ0) is 20.7. The zero-order valence-electron chi connectivity index (χ0n) is 15.4. The second-order valence-corrected chi connectivity index (χ2v) is 8.12. The van der Waals surface area contributed by atoms with Crippen molar-refractivity contribution in [1.82, 2.24) is 4.98 Å². The maximum absolute atomic E-state index is 12.8. The molecule has 0 aliphatic rings. The minimum atomic E-state index is -0.450. The molecule has 0 saturated carbocycles. The first kappa shape index (κ1) is 18.5. The molecule has 2 aromatic heterocycles. The lowest BCUT2D eigenvalue weighted by Crippen LogP contribution is -2.12. The molecule has 0 fully saturated rings. The number of carbonyl (C=O) groups excluding carboxylic acids is 1.